The van der Waals surface area contributed by atoms with Crippen LogP contribution in [0.2, 0.25) is 0 Å². The molecule has 0 fully saturated rings. The van der Waals surface area contributed by atoms with Crippen molar-refractivity contribution in [2.45, 2.75) is 26.7 Å². The molecule has 1 rings (SSSR count). The van der Waals surface area contributed by atoms with Gasteiger partial charge in [0.15, 0.2) is 0 Å². The van der Waals surface area contributed by atoms with Crippen molar-refractivity contribution in [1.82, 2.24) is 0 Å². The Morgan fingerprint density at radius 1 is 1.29 bits per heavy atom. The molecule has 2 nitrogen and oxygen atoms in total. The molecule has 3 N–H and O–H groups in total. The molecule has 1 aromatic rings. The second-order valence-electron chi connectivity index (χ2n) is 5.26. The summed E-state index contributed by atoms with van der Waals surface area (Å²) >= 11 is 0. The number of aliphatic hydroxyl groups excluding tert-OH is 1. The maximum absolute atomic E-state index is 12.8. The average Bonchev–Trinajstić information content (AvgIpc) is 2.30. The number of nitrogens with two attached hydrogens (primary N) is 1. The average molecular weight is 239 g/mol. The van der Waals surface area contributed by atoms with Crippen LogP contribution >= 0.6 is 0 Å². The van der Waals surface area contributed by atoms with Crippen molar-refractivity contribution in [3.63, 3.8) is 0 Å². The van der Waals surface area contributed by atoms with Gasteiger partial charge in [0, 0.05) is 12.0 Å². The van der Waals surface area contributed by atoms with Gasteiger partial charge in [0.25, 0.3) is 0 Å². The summed E-state index contributed by atoms with van der Waals surface area (Å²) in [6.45, 7) is 4.74. The predicted molar refractivity (Wildman–Crippen MR) is 68.1 cm³/mol. The fourth-order valence-electron chi connectivity index (χ4n) is 2.31. The highest BCUT2D eigenvalue weighted by Crippen LogP contribution is 2.29. The second-order valence-corrected chi connectivity index (χ2v) is 5.26. The van der Waals surface area contributed by atoms with Crippen LogP contribution in [0.4, 0.5) is 4.39 Å². The summed E-state index contributed by atoms with van der Waals surface area (Å²) in [5, 5.41) is 9.59. The standard InChI is InChI=1S/C14H22FNO/c1-11(2)7-14(9-16,10-17)8-12-3-5-13(15)6-4-12/h3-6,11,17H,7-10,16H2,1-2H3. The third-order valence-corrected chi connectivity index (χ3v) is 3.10. The molecule has 0 heterocycles. The minimum Gasteiger partial charge on any atom is -0.396 e. The SMILES string of the molecule is CC(C)CC(CN)(CO)Cc1ccc(F)cc1. The maximum Gasteiger partial charge on any atom is 0.123 e. The predicted octanol–water partition coefficient (Wildman–Crippen LogP) is 2.35. The van der Waals surface area contributed by atoms with Gasteiger partial charge in [-0.05, 0) is 36.5 Å². The van der Waals surface area contributed by atoms with E-state index in [1.54, 1.807) is 12.1 Å². The molecule has 0 spiro atoms. The van der Waals surface area contributed by atoms with Gasteiger partial charge in [-0.2, -0.15) is 0 Å². The highest BCUT2D eigenvalue weighted by molar-refractivity contribution is 5.18. The van der Waals surface area contributed by atoms with Gasteiger partial charge in [-0.15, -0.1) is 0 Å². The van der Waals surface area contributed by atoms with Crippen LogP contribution in [-0.2, 0) is 6.42 Å². The Balaban J connectivity index is 2.82. The monoisotopic (exact) mass is 239 g/mol. The summed E-state index contributed by atoms with van der Waals surface area (Å²) in [7, 11) is 0. The van der Waals surface area contributed by atoms with Crippen LogP contribution in [0.5, 0.6) is 0 Å². The second kappa shape index (κ2) is 6.12. The summed E-state index contributed by atoms with van der Waals surface area (Å²) in [6.07, 6.45) is 1.57. The summed E-state index contributed by atoms with van der Waals surface area (Å²) in [6, 6.07) is 6.41. The smallest absolute Gasteiger partial charge is 0.123 e. The summed E-state index contributed by atoms with van der Waals surface area (Å²) < 4.78 is 12.8. The minimum absolute atomic E-state index is 0.0685. The summed E-state index contributed by atoms with van der Waals surface area (Å²) in [5.41, 5.74) is 6.54. The number of halogens is 1. The fraction of sp³-hybridized carbons (Fsp3) is 0.571. The molecule has 1 atom stereocenters. The van der Waals surface area contributed by atoms with Gasteiger partial charge in [-0.1, -0.05) is 26.0 Å². The Morgan fingerprint density at radius 2 is 1.88 bits per heavy atom. The van der Waals surface area contributed by atoms with Crippen molar-refractivity contribution in [2.75, 3.05) is 13.2 Å². The molecule has 96 valence electrons. The van der Waals surface area contributed by atoms with E-state index >= 15 is 0 Å². The Bertz CT molecular complexity index is 331. The lowest BCUT2D eigenvalue weighted by Gasteiger charge is -2.32. The molecule has 0 radical (unpaired) electrons. The molecule has 0 aliphatic heterocycles. The molecule has 17 heavy (non-hydrogen) atoms. The van der Waals surface area contributed by atoms with Crippen LogP contribution in [0.15, 0.2) is 24.3 Å². The molecular formula is C14H22FNO. The molecule has 0 bridgehead atoms. The number of rotatable bonds is 6. The lowest BCUT2D eigenvalue weighted by atomic mass is 9.76. The van der Waals surface area contributed by atoms with Gasteiger partial charge in [-0.25, -0.2) is 4.39 Å². The molecule has 1 unspecified atom stereocenters. The van der Waals surface area contributed by atoms with Crippen molar-refractivity contribution < 1.29 is 9.50 Å². The van der Waals surface area contributed by atoms with Gasteiger partial charge in [-0.3, -0.25) is 0 Å². The van der Waals surface area contributed by atoms with E-state index in [0.717, 1.165) is 12.0 Å². The van der Waals surface area contributed by atoms with Gasteiger partial charge in [0.1, 0.15) is 5.82 Å². The van der Waals surface area contributed by atoms with Gasteiger partial charge in [0.2, 0.25) is 0 Å². The Hall–Kier alpha value is -0.930. The molecule has 0 saturated carbocycles. The Morgan fingerprint density at radius 3 is 2.29 bits per heavy atom. The normalized spacial score (nSPS) is 14.9. The zero-order valence-corrected chi connectivity index (χ0v) is 10.6. The van der Waals surface area contributed by atoms with Crippen molar-refractivity contribution >= 4 is 0 Å². The fourth-order valence-corrected chi connectivity index (χ4v) is 2.31. The molecular weight excluding hydrogens is 217 g/mol. The number of benzene rings is 1. The lowest BCUT2D eigenvalue weighted by Crippen LogP contribution is -2.37. The van der Waals surface area contributed by atoms with E-state index in [1.165, 1.54) is 12.1 Å². The van der Waals surface area contributed by atoms with Crippen LogP contribution in [0.3, 0.4) is 0 Å². The molecule has 0 aliphatic carbocycles. The number of hydrogen-bond donors (Lipinski definition) is 2. The van der Waals surface area contributed by atoms with E-state index in [9.17, 15) is 9.50 Å². The van der Waals surface area contributed by atoms with Crippen LogP contribution < -0.4 is 5.73 Å². The van der Waals surface area contributed by atoms with Gasteiger partial charge < -0.3 is 10.8 Å². The van der Waals surface area contributed by atoms with Crippen LogP contribution in [0.25, 0.3) is 0 Å². The first-order chi connectivity index (χ1) is 8.01. The van der Waals surface area contributed by atoms with E-state index in [4.69, 9.17) is 5.73 Å². The zero-order valence-electron chi connectivity index (χ0n) is 10.6. The van der Waals surface area contributed by atoms with E-state index in [2.05, 4.69) is 13.8 Å². The topological polar surface area (TPSA) is 46.2 Å². The van der Waals surface area contributed by atoms with E-state index < -0.39 is 0 Å². The van der Waals surface area contributed by atoms with Crippen LogP contribution in [0.1, 0.15) is 25.8 Å². The van der Waals surface area contributed by atoms with Gasteiger partial charge >= 0.3 is 0 Å². The lowest BCUT2D eigenvalue weighted by molar-refractivity contribution is 0.108. The Labute approximate surface area is 103 Å². The summed E-state index contributed by atoms with van der Waals surface area (Å²) in [5.74, 6) is 0.242. The first-order valence-electron chi connectivity index (χ1n) is 6.07. The largest absolute Gasteiger partial charge is 0.396 e. The van der Waals surface area contributed by atoms with Crippen LogP contribution in [0, 0.1) is 17.2 Å². The quantitative estimate of drug-likeness (QED) is 0.800. The first-order valence-corrected chi connectivity index (χ1v) is 6.07. The third kappa shape index (κ3) is 4.10. The molecule has 0 aliphatic rings. The summed E-state index contributed by atoms with van der Waals surface area (Å²) in [4.78, 5) is 0. The maximum atomic E-state index is 12.8. The van der Waals surface area contributed by atoms with E-state index in [1.807, 2.05) is 0 Å². The minimum atomic E-state index is -0.286. The highest BCUT2D eigenvalue weighted by atomic mass is 19.1. The number of hydrogen-bond acceptors (Lipinski definition) is 2. The van der Waals surface area contributed by atoms with Crippen molar-refractivity contribution in [2.24, 2.45) is 17.1 Å². The third-order valence-electron chi connectivity index (χ3n) is 3.10. The molecule has 3 heteroatoms. The van der Waals surface area contributed by atoms with Crippen molar-refractivity contribution in [3.05, 3.63) is 35.6 Å². The van der Waals surface area contributed by atoms with Crippen molar-refractivity contribution in [1.29, 1.82) is 0 Å². The van der Waals surface area contributed by atoms with Gasteiger partial charge in [0.05, 0.1) is 6.61 Å². The van der Waals surface area contributed by atoms with Crippen molar-refractivity contribution in [3.8, 4) is 0 Å². The first kappa shape index (κ1) is 14.1. The van der Waals surface area contributed by atoms with Crippen LogP contribution in [-0.4, -0.2) is 18.3 Å². The molecule has 0 saturated heterocycles. The Kier molecular flexibility index (Phi) is 5.09. The molecule has 1 aromatic carbocycles. The highest BCUT2D eigenvalue weighted by Gasteiger charge is 2.29. The molecule has 0 aromatic heterocycles. The number of aliphatic hydroxyl groups is 1. The van der Waals surface area contributed by atoms with E-state index in [-0.39, 0.29) is 17.8 Å². The van der Waals surface area contributed by atoms with E-state index in [0.29, 0.717) is 18.9 Å². The zero-order chi connectivity index (χ0) is 12.9. The molecule has 0 amide bonds.